The molecule has 3 heteroatoms. The van der Waals surface area contributed by atoms with E-state index in [0.717, 1.165) is 31.9 Å². The zero-order valence-corrected chi connectivity index (χ0v) is 11.6. The van der Waals surface area contributed by atoms with Crippen molar-refractivity contribution in [3.63, 3.8) is 0 Å². The van der Waals surface area contributed by atoms with Gasteiger partial charge in [-0.05, 0) is 38.5 Å². The second-order valence-corrected chi connectivity index (χ2v) is 5.40. The van der Waals surface area contributed by atoms with E-state index in [4.69, 9.17) is 4.74 Å². The first-order valence-corrected chi connectivity index (χ1v) is 6.85. The quantitative estimate of drug-likeness (QED) is 0.884. The molecule has 1 aromatic rings. The van der Waals surface area contributed by atoms with Gasteiger partial charge in [0.25, 0.3) is 0 Å². The lowest BCUT2D eigenvalue weighted by atomic mass is 10.1. The molecule has 0 saturated carbocycles. The van der Waals surface area contributed by atoms with Crippen molar-refractivity contribution >= 4 is 0 Å². The van der Waals surface area contributed by atoms with Crippen LogP contribution in [0.4, 0.5) is 0 Å². The van der Waals surface area contributed by atoms with Crippen molar-refractivity contribution in [2.24, 2.45) is 0 Å². The first-order chi connectivity index (χ1) is 8.63. The van der Waals surface area contributed by atoms with Crippen LogP contribution in [0.3, 0.4) is 0 Å². The van der Waals surface area contributed by atoms with Crippen molar-refractivity contribution in [3.05, 3.63) is 29.8 Å². The van der Waals surface area contributed by atoms with Crippen LogP contribution >= 0.6 is 0 Å². The van der Waals surface area contributed by atoms with Gasteiger partial charge >= 0.3 is 0 Å². The van der Waals surface area contributed by atoms with Crippen LogP contribution in [0.5, 0.6) is 5.75 Å². The Balaban J connectivity index is 1.89. The van der Waals surface area contributed by atoms with Gasteiger partial charge in [-0.1, -0.05) is 12.1 Å². The smallest absolute Gasteiger partial charge is 0.119 e. The first-order valence-electron chi connectivity index (χ1n) is 6.85. The van der Waals surface area contributed by atoms with Crippen molar-refractivity contribution in [1.82, 2.24) is 10.2 Å². The van der Waals surface area contributed by atoms with Crippen LogP contribution in [0, 0.1) is 0 Å². The van der Waals surface area contributed by atoms with Gasteiger partial charge in [-0.15, -0.1) is 0 Å². The van der Waals surface area contributed by atoms with E-state index in [9.17, 15) is 0 Å². The minimum absolute atomic E-state index is 0.241. The summed E-state index contributed by atoms with van der Waals surface area (Å²) in [5.74, 6) is 0.961. The number of hydrogen-bond acceptors (Lipinski definition) is 3. The van der Waals surface area contributed by atoms with Gasteiger partial charge in [0.2, 0.25) is 0 Å². The molecule has 1 heterocycles. The minimum atomic E-state index is 0.241. The van der Waals surface area contributed by atoms with Crippen LogP contribution in [0.15, 0.2) is 24.3 Å². The summed E-state index contributed by atoms with van der Waals surface area (Å²) < 4.78 is 5.65. The summed E-state index contributed by atoms with van der Waals surface area (Å²) in [4.78, 5) is 2.50. The fourth-order valence-electron chi connectivity index (χ4n) is 2.36. The number of hydrogen-bond donors (Lipinski definition) is 1. The second kappa shape index (κ2) is 6.21. The molecule has 0 bridgehead atoms. The Morgan fingerprint density at radius 1 is 1.33 bits per heavy atom. The highest BCUT2D eigenvalue weighted by Gasteiger charge is 2.15. The maximum Gasteiger partial charge on any atom is 0.119 e. The summed E-state index contributed by atoms with van der Waals surface area (Å²) in [6.07, 6.45) is 0.241. The lowest BCUT2D eigenvalue weighted by molar-refractivity contribution is 0.199. The molecular weight excluding hydrogens is 224 g/mol. The van der Waals surface area contributed by atoms with E-state index < -0.39 is 0 Å². The van der Waals surface area contributed by atoms with Crippen LogP contribution in [-0.2, 0) is 6.54 Å². The molecule has 0 aliphatic carbocycles. The summed E-state index contributed by atoms with van der Waals surface area (Å²) in [5, 5.41) is 3.47. The molecule has 3 nitrogen and oxygen atoms in total. The summed E-state index contributed by atoms with van der Waals surface area (Å²) in [7, 11) is 0. The molecule has 1 fully saturated rings. The van der Waals surface area contributed by atoms with Gasteiger partial charge in [0.1, 0.15) is 5.75 Å². The molecule has 1 aliphatic rings. The van der Waals surface area contributed by atoms with Crippen molar-refractivity contribution in [2.75, 3.05) is 19.6 Å². The van der Waals surface area contributed by atoms with Gasteiger partial charge in [-0.3, -0.25) is 4.90 Å². The van der Waals surface area contributed by atoms with Crippen LogP contribution < -0.4 is 10.1 Å². The summed E-state index contributed by atoms with van der Waals surface area (Å²) in [5.41, 5.74) is 1.36. The van der Waals surface area contributed by atoms with E-state index in [-0.39, 0.29) is 6.10 Å². The molecule has 1 aromatic carbocycles. The maximum absolute atomic E-state index is 5.65. The fourth-order valence-corrected chi connectivity index (χ4v) is 2.36. The molecule has 0 spiro atoms. The maximum atomic E-state index is 5.65. The molecule has 0 radical (unpaired) electrons. The number of nitrogens with zero attached hydrogens (tertiary/aromatic N) is 1. The summed E-state index contributed by atoms with van der Waals surface area (Å²) in [6.45, 7) is 10.7. The van der Waals surface area contributed by atoms with Crippen LogP contribution in [0.1, 0.15) is 26.3 Å². The SMILES string of the molecule is CC(C)Oc1ccc(CN2CCN[C@H](C)C2)cc1. The summed E-state index contributed by atoms with van der Waals surface area (Å²) in [6, 6.07) is 9.08. The zero-order valence-electron chi connectivity index (χ0n) is 11.6. The van der Waals surface area contributed by atoms with Crippen molar-refractivity contribution in [3.8, 4) is 5.75 Å². The third-order valence-corrected chi connectivity index (χ3v) is 3.15. The molecule has 2 rings (SSSR count). The van der Waals surface area contributed by atoms with E-state index in [1.807, 2.05) is 0 Å². The van der Waals surface area contributed by atoms with E-state index in [0.29, 0.717) is 6.04 Å². The minimum Gasteiger partial charge on any atom is -0.491 e. The number of nitrogens with one attached hydrogen (secondary N) is 1. The Hall–Kier alpha value is -1.06. The zero-order chi connectivity index (χ0) is 13.0. The largest absolute Gasteiger partial charge is 0.491 e. The van der Waals surface area contributed by atoms with E-state index in [1.54, 1.807) is 0 Å². The number of benzene rings is 1. The Morgan fingerprint density at radius 2 is 2.06 bits per heavy atom. The van der Waals surface area contributed by atoms with Gasteiger partial charge in [0.05, 0.1) is 6.10 Å². The van der Waals surface area contributed by atoms with Gasteiger partial charge in [0.15, 0.2) is 0 Å². The van der Waals surface area contributed by atoms with E-state index >= 15 is 0 Å². The molecule has 1 atom stereocenters. The predicted molar refractivity (Wildman–Crippen MR) is 74.9 cm³/mol. The van der Waals surface area contributed by atoms with Gasteiger partial charge in [-0.2, -0.15) is 0 Å². The number of ether oxygens (including phenoxy) is 1. The van der Waals surface area contributed by atoms with Crippen molar-refractivity contribution in [2.45, 2.75) is 39.5 Å². The van der Waals surface area contributed by atoms with Gasteiger partial charge in [0, 0.05) is 32.2 Å². The molecule has 1 N–H and O–H groups in total. The highest BCUT2D eigenvalue weighted by molar-refractivity contribution is 5.27. The molecular formula is C15H24N2O. The first kappa shape index (κ1) is 13.4. The Bertz CT molecular complexity index is 361. The van der Waals surface area contributed by atoms with Crippen LogP contribution in [0.25, 0.3) is 0 Å². The molecule has 0 amide bonds. The Labute approximate surface area is 110 Å². The van der Waals surface area contributed by atoms with Gasteiger partial charge < -0.3 is 10.1 Å². The second-order valence-electron chi connectivity index (χ2n) is 5.40. The molecule has 1 aliphatic heterocycles. The fraction of sp³-hybridized carbons (Fsp3) is 0.600. The topological polar surface area (TPSA) is 24.5 Å². The van der Waals surface area contributed by atoms with Crippen molar-refractivity contribution < 1.29 is 4.74 Å². The lowest BCUT2D eigenvalue weighted by Crippen LogP contribution is -2.48. The number of piperazine rings is 1. The number of rotatable bonds is 4. The molecule has 1 saturated heterocycles. The van der Waals surface area contributed by atoms with E-state index in [1.165, 1.54) is 5.56 Å². The lowest BCUT2D eigenvalue weighted by Gasteiger charge is -2.31. The predicted octanol–water partition coefficient (Wildman–Crippen LogP) is 2.27. The Kier molecular flexibility index (Phi) is 4.61. The molecule has 0 aromatic heterocycles. The average molecular weight is 248 g/mol. The van der Waals surface area contributed by atoms with Gasteiger partial charge in [-0.25, -0.2) is 0 Å². The Morgan fingerprint density at radius 3 is 2.67 bits per heavy atom. The molecule has 18 heavy (non-hydrogen) atoms. The third-order valence-electron chi connectivity index (χ3n) is 3.15. The standard InChI is InChI=1S/C15H24N2O/c1-12(2)18-15-6-4-14(5-7-15)11-17-9-8-16-13(3)10-17/h4-7,12-13,16H,8-11H2,1-3H3/t13-/m1/s1. The van der Waals surface area contributed by atoms with Crippen LogP contribution in [0.2, 0.25) is 0 Å². The summed E-state index contributed by atoms with van der Waals surface area (Å²) >= 11 is 0. The van der Waals surface area contributed by atoms with E-state index in [2.05, 4.69) is 55.3 Å². The average Bonchev–Trinajstić information content (AvgIpc) is 2.31. The normalized spacial score (nSPS) is 21.2. The molecule has 100 valence electrons. The highest BCUT2D eigenvalue weighted by Crippen LogP contribution is 2.15. The molecule has 0 unspecified atom stereocenters. The highest BCUT2D eigenvalue weighted by atomic mass is 16.5. The third kappa shape index (κ3) is 4.00. The van der Waals surface area contributed by atoms with Crippen molar-refractivity contribution in [1.29, 1.82) is 0 Å². The van der Waals surface area contributed by atoms with Crippen LogP contribution in [-0.4, -0.2) is 36.7 Å². The monoisotopic (exact) mass is 248 g/mol.